The average Bonchev–Trinajstić information content (AvgIpc) is 3.39. The zero-order chi connectivity index (χ0) is 22.1. The summed E-state index contributed by atoms with van der Waals surface area (Å²) in [4.78, 5) is 31.9. The van der Waals surface area contributed by atoms with Crippen molar-refractivity contribution in [2.45, 2.75) is 19.3 Å². The van der Waals surface area contributed by atoms with Crippen LogP contribution in [-0.4, -0.2) is 60.3 Å². The fourth-order valence-electron chi connectivity index (χ4n) is 4.15. The number of hydrogen-bond acceptors (Lipinski definition) is 3. The summed E-state index contributed by atoms with van der Waals surface area (Å²) in [6, 6.07) is 12.4. The third-order valence-electron chi connectivity index (χ3n) is 5.80. The molecule has 1 atom stereocenters. The molecule has 3 aromatic rings. The van der Waals surface area contributed by atoms with Crippen LogP contribution in [0.3, 0.4) is 0 Å². The molecule has 1 aliphatic rings. The monoisotopic (exact) mass is 422 g/mol. The third-order valence-corrected chi connectivity index (χ3v) is 5.80. The highest BCUT2D eigenvalue weighted by Crippen LogP contribution is 2.29. The topological polar surface area (TPSA) is 68.4 Å². The second-order valence-electron chi connectivity index (χ2n) is 8.48. The largest absolute Gasteiger partial charge is 0.350 e. The summed E-state index contributed by atoms with van der Waals surface area (Å²) in [5.74, 6) is -0.292. The highest BCUT2D eigenvalue weighted by Gasteiger charge is 2.27. The van der Waals surface area contributed by atoms with Crippen LogP contribution in [0.5, 0.6) is 0 Å². The van der Waals surface area contributed by atoms with Gasteiger partial charge in [0.1, 0.15) is 11.5 Å². The van der Waals surface area contributed by atoms with Gasteiger partial charge in [0.25, 0.3) is 5.91 Å². The Balaban J connectivity index is 1.47. The van der Waals surface area contributed by atoms with Crippen molar-refractivity contribution < 1.29 is 14.0 Å². The highest BCUT2D eigenvalue weighted by atomic mass is 19.1. The molecular formula is C24H27FN4O2. The number of aromatic amines is 1. The molecular weight excluding hydrogens is 395 g/mol. The van der Waals surface area contributed by atoms with Crippen LogP contribution in [0.25, 0.3) is 10.9 Å². The van der Waals surface area contributed by atoms with Gasteiger partial charge in [0, 0.05) is 30.1 Å². The van der Waals surface area contributed by atoms with Crippen LogP contribution in [-0.2, 0) is 4.79 Å². The summed E-state index contributed by atoms with van der Waals surface area (Å²) in [6.07, 6.45) is 0.900. The number of nitrogens with zero attached hydrogens (tertiary/aromatic N) is 2. The predicted molar refractivity (Wildman–Crippen MR) is 120 cm³/mol. The Bertz CT molecular complexity index is 1100. The molecule has 4 rings (SSSR count). The third kappa shape index (κ3) is 4.46. The number of carbonyl (C=O) groups excluding carboxylic acids is 2. The molecule has 0 saturated carbocycles. The van der Waals surface area contributed by atoms with Crippen LogP contribution < -0.4 is 5.32 Å². The van der Waals surface area contributed by atoms with Crippen molar-refractivity contribution in [3.63, 3.8) is 0 Å². The number of anilines is 1. The van der Waals surface area contributed by atoms with Crippen LogP contribution in [0, 0.1) is 12.7 Å². The van der Waals surface area contributed by atoms with E-state index in [2.05, 4.69) is 10.3 Å². The zero-order valence-electron chi connectivity index (χ0n) is 18.0. The number of hydrogen-bond donors (Lipinski definition) is 2. The van der Waals surface area contributed by atoms with Gasteiger partial charge in [-0.1, -0.05) is 18.2 Å². The fourth-order valence-corrected chi connectivity index (χ4v) is 4.15. The van der Waals surface area contributed by atoms with E-state index in [0.29, 0.717) is 35.4 Å². The Morgan fingerprint density at radius 2 is 2.03 bits per heavy atom. The number of amides is 2. The van der Waals surface area contributed by atoms with E-state index in [1.54, 1.807) is 12.1 Å². The van der Waals surface area contributed by atoms with Crippen LogP contribution in [0.2, 0.25) is 0 Å². The first-order valence-corrected chi connectivity index (χ1v) is 10.4. The van der Waals surface area contributed by atoms with Gasteiger partial charge < -0.3 is 20.1 Å². The van der Waals surface area contributed by atoms with E-state index in [4.69, 9.17) is 0 Å². The number of likely N-dealkylation sites (tertiary alicyclic amines) is 1. The van der Waals surface area contributed by atoms with Crippen molar-refractivity contribution in [2.24, 2.45) is 0 Å². The first kappa shape index (κ1) is 21.1. The Labute approximate surface area is 181 Å². The second-order valence-corrected chi connectivity index (χ2v) is 8.48. The van der Waals surface area contributed by atoms with E-state index >= 15 is 0 Å². The number of fused-ring (bicyclic) bond motifs is 1. The standard InChI is InChI=1S/C24H27FN4O2/c1-15-7-8-20(25)19-12-21(27-23(15)19)24(31)26-18-6-4-5-16(11-18)17-9-10-29(13-17)22(30)14-28(2)3/h4-8,11-12,17,27H,9-10,13-14H2,1-3H3,(H,26,31). The van der Waals surface area contributed by atoms with Crippen LogP contribution in [0.15, 0.2) is 42.5 Å². The lowest BCUT2D eigenvalue weighted by molar-refractivity contribution is -0.130. The van der Waals surface area contributed by atoms with E-state index in [1.165, 1.54) is 6.07 Å². The van der Waals surface area contributed by atoms with Crippen LogP contribution in [0.1, 0.15) is 34.0 Å². The minimum Gasteiger partial charge on any atom is -0.350 e. The number of aromatic nitrogens is 1. The average molecular weight is 423 g/mol. The molecule has 0 bridgehead atoms. The number of rotatable bonds is 5. The number of halogens is 1. The lowest BCUT2D eigenvalue weighted by atomic mass is 9.98. The van der Waals surface area contributed by atoms with Gasteiger partial charge in [-0.2, -0.15) is 0 Å². The van der Waals surface area contributed by atoms with Crippen molar-refractivity contribution in [3.05, 3.63) is 65.1 Å². The molecule has 0 aliphatic carbocycles. The maximum Gasteiger partial charge on any atom is 0.272 e. The minimum atomic E-state index is -0.354. The Hall–Kier alpha value is -3.19. The number of likely N-dealkylation sites (N-methyl/N-ethyl adjacent to an activating group) is 1. The molecule has 31 heavy (non-hydrogen) atoms. The number of nitrogens with one attached hydrogen (secondary N) is 2. The van der Waals surface area contributed by atoms with Gasteiger partial charge in [0.05, 0.1) is 12.1 Å². The SMILES string of the molecule is Cc1ccc(F)c2cc(C(=O)Nc3cccc(C4CCN(C(=O)CN(C)C)C4)c3)[nH]c12. The molecule has 7 heteroatoms. The number of carbonyl (C=O) groups is 2. The summed E-state index contributed by atoms with van der Waals surface area (Å²) in [7, 11) is 3.78. The Morgan fingerprint density at radius 3 is 2.77 bits per heavy atom. The van der Waals surface area contributed by atoms with Crippen molar-refractivity contribution in [2.75, 3.05) is 39.0 Å². The molecule has 2 N–H and O–H groups in total. The van der Waals surface area contributed by atoms with Gasteiger partial charge in [-0.05, 0) is 62.8 Å². The van der Waals surface area contributed by atoms with Gasteiger partial charge in [-0.15, -0.1) is 0 Å². The van der Waals surface area contributed by atoms with Crippen molar-refractivity contribution in [1.82, 2.24) is 14.8 Å². The van der Waals surface area contributed by atoms with E-state index in [-0.39, 0.29) is 23.5 Å². The molecule has 1 unspecified atom stereocenters. The lowest BCUT2D eigenvalue weighted by Gasteiger charge is -2.19. The van der Waals surface area contributed by atoms with Crippen LogP contribution in [0.4, 0.5) is 10.1 Å². The molecule has 162 valence electrons. The number of H-pyrrole nitrogens is 1. The molecule has 0 spiro atoms. The first-order chi connectivity index (χ1) is 14.8. The smallest absolute Gasteiger partial charge is 0.272 e. The van der Waals surface area contributed by atoms with Crippen molar-refractivity contribution >= 4 is 28.4 Å². The minimum absolute atomic E-state index is 0.137. The molecule has 1 saturated heterocycles. The van der Waals surface area contributed by atoms with E-state index in [9.17, 15) is 14.0 Å². The number of benzene rings is 2. The van der Waals surface area contributed by atoms with Crippen molar-refractivity contribution in [3.8, 4) is 0 Å². The van der Waals surface area contributed by atoms with Crippen LogP contribution >= 0.6 is 0 Å². The molecule has 2 amide bonds. The fraction of sp³-hybridized carbons (Fsp3) is 0.333. The maximum absolute atomic E-state index is 14.1. The second kappa shape index (κ2) is 8.51. The maximum atomic E-state index is 14.1. The normalized spacial score (nSPS) is 16.3. The Kier molecular flexibility index (Phi) is 5.78. The molecule has 2 aromatic carbocycles. The van der Waals surface area contributed by atoms with E-state index in [1.807, 2.05) is 55.1 Å². The number of aryl methyl sites for hydroxylation is 1. The summed E-state index contributed by atoms with van der Waals surface area (Å²) >= 11 is 0. The van der Waals surface area contributed by atoms with Gasteiger partial charge in [0.2, 0.25) is 5.91 Å². The van der Waals surface area contributed by atoms with Crippen molar-refractivity contribution in [1.29, 1.82) is 0 Å². The zero-order valence-corrected chi connectivity index (χ0v) is 18.0. The summed E-state index contributed by atoms with van der Waals surface area (Å²) in [5.41, 5.74) is 3.60. The molecule has 2 heterocycles. The lowest BCUT2D eigenvalue weighted by Crippen LogP contribution is -2.36. The molecule has 6 nitrogen and oxygen atoms in total. The molecule has 1 aromatic heterocycles. The van der Waals surface area contributed by atoms with Gasteiger partial charge in [0.15, 0.2) is 0 Å². The van der Waals surface area contributed by atoms with Gasteiger partial charge >= 0.3 is 0 Å². The van der Waals surface area contributed by atoms with E-state index in [0.717, 1.165) is 24.1 Å². The van der Waals surface area contributed by atoms with Gasteiger partial charge in [-0.3, -0.25) is 9.59 Å². The Morgan fingerprint density at radius 1 is 1.23 bits per heavy atom. The quantitative estimate of drug-likeness (QED) is 0.658. The molecule has 1 fully saturated rings. The summed E-state index contributed by atoms with van der Waals surface area (Å²) in [5, 5.41) is 3.31. The molecule has 0 radical (unpaired) electrons. The van der Waals surface area contributed by atoms with Gasteiger partial charge in [-0.25, -0.2) is 4.39 Å². The highest BCUT2D eigenvalue weighted by molar-refractivity contribution is 6.06. The first-order valence-electron chi connectivity index (χ1n) is 10.4. The molecule has 1 aliphatic heterocycles. The summed E-state index contributed by atoms with van der Waals surface area (Å²) < 4.78 is 14.1. The predicted octanol–water partition coefficient (Wildman–Crippen LogP) is 3.75. The van der Waals surface area contributed by atoms with E-state index < -0.39 is 0 Å². The summed E-state index contributed by atoms with van der Waals surface area (Å²) in [6.45, 7) is 3.71.